The van der Waals surface area contributed by atoms with E-state index in [-0.39, 0.29) is 17.6 Å². The summed E-state index contributed by atoms with van der Waals surface area (Å²) >= 11 is 0. The van der Waals surface area contributed by atoms with E-state index < -0.39 is 0 Å². The fraction of sp³-hybridized carbons (Fsp3) is 0.286. The van der Waals surface area contributed by atoms with Gasteiger partial charge in [0.1, 0.15) is 5.82 Å². The van der Waals surface area contributed by atoms with Crippen LogP contribution in [0.1, 0.15) is 41.1 Å². The van der Waals surface area contributed by atoms with Gasteiger partial charge in [0.05, 0.1) is 17.8 Å². The van der Waals surface area contributed by atoms with Crippen LogP contribution in [0.4, 0.5) is 4.39 Å². The maximum absolute atomic E-state index is 13.5. The van der Waals surface area contributed by atoms with E-state index in [1.807, 2.05) is 11.0 Å². The van der Waals surface area contributed by atoms with E-state index in [9.17, 15) is 9.18 Å². The average molecular weight is 470 g/mol. The fourth-order valence-corrected chi connectivity index (χ4v) is 4.72. The molecule has 5 rings (SSSR count). The minimum atomic E-state index is -0.287. The molecule has 1 aliphatic heterocycles. The molecule has 3 heterocycles. The fourth-order valence-electron chi connectivity index (χ4n) is 4.72. The molecule has 0 N–H and O–H groups in total. The Hall–Kier alpha value is -3.87. The van der Waals surface area contributed by atoms with Gasteiger partial charge >= 0.3 is 0 Å². The number of likely N-dealkylation sites (tertiary alicyclic amines) is 1. The van der Waals surface area contributed by atoms with Crippen LogP contribution in [0.2, 0.25) is 0 Å². The third-order valence-corrected chi connectivity index (χ3v) is 6.66. The van der Waals surface area contributed by atoms with Gasteiger partial charge in [-0.25, -0.2) is 19.0 Å². The molecule has 0 spiro atoms. The highest BCUT2D eigenvalue weighted by molar-refractivity contribution is 5.79. The van der Waals surface area contributed by atoms with Crippen molar-refractivity contribution >= 4 is 5.91 Å². The highest BCUT2D eigenvalue weighted by Crippen LogP contribution is 2.32. The van der Waals surface area contributed by atoms with Crippen LogP contribution in [-0.4, -0.2) is 43.6 Å². The van der Waals surface area contributed by atoms with Crippen molar-refractivity contribution in [1.29, 1.82) is 0 Å². The van der Waals surface area contributed by atoms with Gasteiger partial charge in [-0.3, -0.25) is 4.79 Å². The second kappa shape index (κ2) is 9.78. The molecule has 1 atom stereocenters. The zero-order chi connectivity index (χ0) is 24.4. The molecule has 0 saturated carbocycles. The summed E-state index contributed by atoms with van der Waals surface area (Å²) in [6.07, 6.45) is 5.63. The number of rotatable bonds is 5. The van der Waals surface area contributed by atoms with Gasteiger partial charge in [-0.1, -0.05) is 23.8 Å². The summed E-state index contributed by atoms with van der Waals surface area (Å²) in [7, 11) is 0. The third kappa shape index (κ3) is 4.99. The first-order valence-corrected chi connectivity index (χ1v) is 11.9. The molecule has 1 amide bonds. The Bertz CT molecular complexity index is 1330. The van der Waals surface area contributed by atoms with Crippen LogP contribution in [0.5, 0.6) is 0 Å². The van der Waals surface area contributed by atoms with Crippen molar-refractivity contribution in [1.82, 2.24) is 24.6 Å². The Kier molecular flexibility index (Phi) is 6.40. The monoisotopic (exact) mass is 469 g/mol. The Morgan fingerprint density at radius 1 is 1.06 bits per heavy atom. The molecule has 1 saturated heterocycles. The van der Waals surface area contributed by atoms with Crippen LogP contribution < -0.4 is 0 Å². The topological polar surface area (TPSA) is 63.9 Å². The van der Waals surface area contributed by atoms with Gasteiger partial charge in [0, 0.05) is 37.0 Å². The normalized spacial score (nSPS) is 15.9. The number of piperidine rings is 1. The molecular formula is C28H28FN5O. The lowest BCUT2D eigenvalue weighted by molar-refractivity contribution is -0.131. The molecular weight excluding hydrogens is 441 g/mol. The number of nitrogens with zero attached hydrogens (tertiary/aromatic N) is 5. The van der Waals surface area contributed by atoms with Crippen molar-refractivity contribution in [3.8, 4) is 17.2 Å². The summed E-state index contributed by atoms with van der Waals surface area (Å²) in [6.45, 7) is 5.47. The van der Waals surface area contributed by atoms with Crippen LogP contribution in [-0.2, 0) is 11.2 Å². The molecule has 6 nitrogen and oxygen atoms in total. The molecule has 1 unspecified atom stereocenters. The van der Waals surface area contributed by atoms with Crippen LogP contribution in [0.3, 0.4) is 0 Å². The van der Waals surface area contributed by atoms with Gasteiger partial charge in [0.15, 0.2) is 0 Å². The minimum absolute atomic E-state index is 0.0943. The van der Waals surface area contributed by atoms with Crippen molar-refractivity contribution < 1.29 is 9.18 Å². The largest absolute Gasteiger partial charge is 0.342 e. The molecule has 2 aromatic heterocycles. The molecule has 0 aliphatic carbocycles. The van der Waals surface area contributed by atoms with Crippen LogP contribution in [0, 0.1) is 19.7 Å². The number of hydrogen-bond donors (Lipinski definition) is 0. The Labute approximate surface area is 204 Å². The summed E-state index contributed by atoms with van der Waals surface area (Å²) < 4.78 is 15.2. The summed E-state index contributed by atoms with van der Waals surface area (Å²) in [5, 5.41) is 4.78. The van der Waals surface area contributed by atoms with Crippen molar-refractivity contribution in [3.05, 3.63) is 95.2 Å². The number of aromatic nitrogens is 4. The first-order chi connectivity index (χ1) is 17.0. The number of carbonyl (C=O) groups is 1. The van der Waals surface area contributed by atoms with Gasteiger partial charge in [-0.2, -0.15) is 5.10 Å². The molecule has 7 heteroatoms. The number of carbonyl (C=O) groups excluding carboxylic acids is 1. The first-order valence-electron chi connectivity index (χ1n) is 11.9. The molecule has 1 aliphatic rings. The SMILES string of the molecule is Cc1ccc(C)c(CC(=O)N2CCCC(c3cc(-c4ccc(F)cc4)nn3-c3ncccn3)C2)c1. The standard InChI is InChI=1S/C28H28FN5O/c1-19-6-7-20(2)23(15-19)16-27(35)33-14-3-5-22(18-33)26-17-25(21-8-10-24(29)11-9-21)32-34(26)28-30-12-4-13-31-28/h4,6-13,15,17,22H,3,5,14,16,18H2,1-2H3. The van der Waals surface area contributed by atoms with E-state index in [1.165, 1.54) is 12.1 Å². The number of halogens is 1. The zero-order valence-corrected chi connectivity index (χ0v) is 20.0. The molecule has 1 fully saturated rings. The van der Waals surface area contributed by atoms with Crippen molar-refractivity contribution in [2.45, 2.75) is 39.0 Å². The van der Waals surface area contributed by atoms with Gasteiger partial charge in [0.25, 0.3) is 5.95 Å². The lowest BCUT2D eigenvalue weighted by Crippen LogP contribution is -2.40. The predicted octanol–water partition coefficient (Wildman–Crippen LogP) is 5.03. The van der Waals surface area contributed by atoms with Gasteiger partial charge < -0.3 is 4.90 Å². The maximum Gasteiger partial charge on any atom is 0.250 e. The van der Waals surface area contributed by atoms with Gasteiger partial charge in [-0.05, 0) is 74.2 Å². The van der Waals surface area contributed by atoms with Crippen LogP contribution >= 0.6 is 0 Å². The van der Waals surface area contributed by atoms with E-state index in [1.54, 1.807) is 35.3 Å². The van der Waals surface area contributed by atoms with Crippen molar-refractivity contribution in [2.24, 2.45) is 0 Å². The average Bonchev–Trinajstić information content (AvgIpc) is 3.33. The minimum Gasteiger partial charge on any atom is -0.342 e. The molecule has 2 aromatic carbocycles. The van der Waals surface area contributed by atoms with Gasteiger partial charge in [-0.15, -0.1) is 0 Å². The van der Waals surface area contributed by atoms with Crippen molar-refractivity contribution in [3.63, 3.8) is 0 Å². The Morgan fingerprint density at radius 3 is 2.60 bits per heavy atom. The van der Waals surface area contributed by atoms with E-state index >= 15 is 0 Å². The third-order valence-electron chi connectivity index (χ3n) is 6.66. The number of benzene rings is 2. The summed E-state index contributed by atoms with van der Waals surface area (Å²) in [5.41, 5.74) is 5.89. The molecule has 0 bridgehead atoms. The summed E-state index contributed by atoms with van der Waals surface area (Å²) in [4.78, 5) is 24.0. The second-order valence-electron chi connectivity index (χ2n) is 9.21. The van der Waals surface area contributed by atoms with E-state index in [0.717, 1.165) is 53.0 Å². The summed E-state index contributed by atoms with van der Waals surface area (Å²) in [5.74, 6) is 0.431. The highest BCUT2D eigenvalue weighted by atomic mass is 19.1. The Morgan fingerprint density at radius 2 is 1.83 bits per heavy atom. The lowest BCUT2D eigenvalue weighted by Gasteiger charge is -2.33. The Balaban J connectivity index is 1.43. The highest BCUT2D eigenvalue weighted by Gasteiger charge is 2.29. The number of hydrogen-bond acceptors (Lipinski definition) is 4. The van der Waals surface area contributed by atoms with E-state index in [2.05, 4.69) is 42.0 Å². The van der Waals surface area contributed by atoms with E-state index in [4.69, 9.17) is 5.10 Å². The van der Waals surface area contributed by atoms with Crippen LogP contribution in [0.25, 0.3) is 17.2 Å². The second-order valence-corrected chi connectivity index (χ2v) is 9.21. The zero-order valence-electron chi connectivity index (χ0n) is 20.0. The summed E-state index contributed by atoms with van der Waals surface area (Å²) in [6, 6.07) is 16.3. The van der Waals surface area contributed by atoms with E-state index in [0.29, 0.717) is 18.9 Å². The van der Waals surface area contributed by atoms with Crippen LogP contribution in [0.15, 0.2) is 67.0 Å². The molecule has 178 valence electrons. The van der Waals surface area contributed by atoms with Gasteiger partial charge in [0.2, 0.25) is 5.91 Å². The van der Waals surface area contributed by atoms with Crippen molar-refractivity contribution in [2.75, 3.05) is 13.1 Å². The number of aryl methyl sites for hydroxylation is 2. The predicted molar refractivity (Wildman–Crippen MR) is 133 cm³/mol. The quantitative estimate of drug-likeness (QED) is 0.411. The maximum atomic E-state index is 13.5. The smallest absolute Gasteiger partial charge is 0.250 e. The molecule has 4 aromatic rings. The molecule has 0 radical (unpaired) electrons. The first kappa shape index (κ1) is 22.9. The molecule has 35 heavy (non-hydrogen) atoms. The number of amides is 1. The lowest BCUT2D eigenvalue weighted by atomic mass is 9.93.